The highest BCUT2D eigenvalue weighted by molar-refractivity contribution is 5.72. The van der Waals surface area contributed by atoms with Gasteiger partial charge in [0.2, 0.25) is 5.91 Å². The number of carbonyl (C=O) groups excluding carboxylic acids is 1. The van der Waals surface area contributed by atoms with Gasteiger partial charge in [-0.2, -0.15) is 0 Å². The first-order chi connectivity index (χ1) is 20.2. The van der Waals surface area contributed by atoms with Crippen LogP contribution in [0.5, 0.6) is 17.2 Å². The summed E-state index contributed by atoms with van der Waals surface area (Å²) in [5, 5.41) is 5.96. The van der Waals surface area contributed by atoms with E-state index in [1.807, 2.05) is 42.5 Å². The summed E-state index contributed by atoms with van der Waals surface area (Å²) in [6, 6.07) is 27.5. The highest BCUT2D eigenvalue weighted by Gasteiger charge is 2.32. The lowest BCUT2D eigenvalue weighted by atomic mass is 9.97. The van der Waals surface area contributed by atoms with Gasteiger partial charge in [-0.1, -0.05) is 72.8 Å². The van der Waals surface area contributed by atoms with Gasteiger partial charge < -0.3 is 24.8 Å². The quantitative estimate of drug-likeness (QED) is 0.168. The molecule has 1 amide bonds. The van der Waals surface area contributed by atoms with E-state index >= 15 is 0 Å². The third kappa shape index (κ3) is 9.01. The van der Waals surface area contributed by atoms with Crippen molar-refractivity contribution in [1.29, 1.82) is 0 Å². The number of rotatable bonds is 13. The van der Waals surface area contributed by atoms with Gasteiger partial charge >= 0.3 is 6.36 Å². The molecule has 4 aromatic carbocycles. The van der Waals surface area contributed by atoms with Crippen LogP contribution < -0.4 is 24.8 Å². The molecule has 0 aliphatic rings. The molecular weight excluding hydrogens is 545 g/mol. The molecule has 0 bridgehead atoms. The highest BCUT2D eigenvalue weighted by Crippen LogP contribution is 2.31. The van der Waals surface area contributed by atoms with Gasteiger partial charge in [0, 0.05) is 43.8 Å². The fourth-order valence-electron chi connectivity index (χ4n) is 4.39. The van der Waals surface area contributed by atoms with E-state index in [4.69, 9.17) is 9.47 Å². The number of halogens is 3. The molecule has 9 heteroatoms. The maximum Gasteiger partial charge on any atom is 0.573 e. The lowest BCUT2D eigenvalue weighted by Crippen LogP contribution is -2.30. The van der Waals surface area contributed by atoms with Crippen molar-refractivity contribution in [3.05, 3.63) is 113 Å². The van der Waals surface area contributed by atoms with Crippen molar-refractivity contribution < 1.29 is 32.2 Å². The van der Waals surface area contributed by atoms with Gasteiger partial charge in [-0.3, -0.25) is 4.79 Å². The molecule has 0 saturated carbocycles. The Bertz CT molecular complexity index is 1480. The Morgan fingerprint density at radius 2 is 1.48 bits per heavy atom. The predicted octanol–water partition coefficient (Wildman–Crippen LogP) is 6.94. The van der Waals surface area contributed by atoms with Crippen LogP contribution in [0.2, 0.25) is 0 Å². The fourth-order valence-corrected chi connectivity index (χ4v) is 4.39. The molecule has 0 atom stereocenters. The summed E-state index contributed by atoms with van der Waals surface area (Å²) in [5.41, 5.74) is 5.42. The zero-order valence-corrected chi connectivity index (χ0v) is 23.5. The fraction of sp³-hybridized carbons (Fsp3) is 0.242. The van der Waals surface area contributed by atoms with Crippen LogP contribution in [-0.4, -0.2) is 25.4 Å². The molecule has 6 nitrogen and oxygen atoms in total. The number of hydrogen-bond acceptors (Lipinski definition) is 5. The average Bonchev–Trinajstić information content (AvgIpc) is 2.96. The van der Waals surface area contributed by atoms with Gasteiger partial charge in [-0.25, -0.2) is 0 Å². The van der Waals surface area contributed by atoms with E-state index in [2.05, 4.69) is 40.5 Å². The molecular formula is C33H33F3N2O4. The summed E-state index contributed by atoms with van der Waals surface area (Å²) in [6.45, 7) is 5.08. The van der Waals surface area contributed by atoms with Crippen LogP contribution in [0.4, 0.5) is 13.2 Å². The smallest absolute Gasteiger partial charge is 0.489 e. The Labute approximate surface area is 243 Å². The molecule has 0 aliphatic carbocycles. The van der Waals surface area contributed by atoms with Gasteiger partial charge in [0.05, 0.1) is 0 Å². The van der Waals surface area contributed by atoms with E-state index in [0.717, 1.165) is 27.8 Å². The average molecular weight is 579 g/mol. The zero-order valence-electron chi connectivity index (χ0n) is 23.5. The second-order valence-corrected chi connectivity index (χ2v) is 9.62. The molecule has 220 valence electrons. The molecule has 0 fully saturated rings. The molecule has 0 radical (unpaired) electrons. The lowest BCUT2D eigenvalue weighted by Gasteiger charge is -2.17. The van der Waals surface area contributed by atoms with Crippen LogP contribution in [0, 0.1) is 6.92 Å². The number of hydrogen-bond donors (Lipinski definition) is 2. The molecule has 0 unspecified atom stereocenters. The van der Waals surface area contributed by atoms with Gasteiger partial charge in [-0.05, 0) is 41.3 Å². The molecule has 42 heavy (non-hydrogen) atoms. The monoisotopic (exact) mass is 578 g/mol. The van der Waals surface area contributed by atoms with E-state index in [-0.39, 0.29) is 23.8 Å². The Hall–Kier alpha value is -4.50. The Morgan fingerprint density at radius 1 is 0.762 bits per heavy atom. The lowest BCUT2D eigenvalue weighted by molar-refractivity contribution is -0.275. The van der Waals surface area contributed by atoms with Crippen LogP contribution in [0.25, 0.3) is 11.1 Å². The Kier molecular flexibility index (Phi) is 10.4. The van der Waals surface area contributed by atoms with E-state index < -0.39 is 6.36 Å². The number of alkyl halides is 3. The first kappa shape index (κ1) is 30.5. The predicted molar refractivity (Wildman–Crippen MR) is 155 cm³/mol. The minimum atomic E-state index is -4.82. The first-order valence-electron chi connectivity index (χ1n) is 13.5. The van der Waals surface area contributed by atoms with Crippen LogP contribution in [0.15, 0.2) is 91.0 Å². The van der Waals surface area contributed by atoms with Crippen molar-refractivity contribution >= 4 is 5.91 Å². The minimum Gasteiger partial charge on any atom is -0.489 e. The van der Waals surface area contributed by atoms with Crippen LogP contribution in [-0.2, 0) is 24.6 Å². The molecule has 0 heterocycles. The number of para-hydroxylation sites is 1. The van der Waals surface area contributed by atoms with Gasteiger partial charge in [0.25, 0.3) is 0 Å². The molecule has 0 aliphatic heterocycles. The summed E-state index contributed by atoms with van der Waals surface area (Å²) >= 11 is 0. The number of amides is 1. The summed E-state index contributed by atoms with van der Waals surface area (Å²) in [5.74, 6) is 0.570. The van der Waals surface area contributed by atoms with Crippen LogP contribution in [0.3, 0.4) is 0 Å². The molecule has 0 aromatic heterocycles. The van der Waals surface area contributed by atoms with E-state index in [9.17, 15) is 18.0 Å². The topological polar surface area (TPSA) is 68.8 Å². The molecule has 4 aromatic rings. The van der Waals surface area contributed by atoms with Crippen molar-refractivity contribution in [1.82, 2.24) is 10.6 Å². The van der Waals surface area contributed by atoms with Gasteiger partial charge in [0.15, 0.2) is 0 Å². The largest absolute Gasteiger partial charge is 0.573 e. The van der Waals surface area contributed by atoms with E-state index in [1.54, 1.807) is 12.1 Å². The van der Waals surface area contributed by atoms with E-state index in [1.165, 1.54) is 25.1 Å². The normalized spacial score (nSPS) is 11.2. The SMILES string of the molecule is CC(=O)NCCNCc1ccc(OCc2cccc(-c3ccccc3)c2C)cc1OCc1ccccc1OC(F)(F)F. The van der Waals surface area contributed by atoms with Gasteiger partial charge in [-0.15, -0.1) is 13.2 Å². The number of nitrogens with one attached hydrogen (secondary N) is 2. The van der Waals surface area contributed by atoms with Crippen molar-refractivity contribution in [2.45, 2.75) is 40.0 Å². The maximum absolute atomic E-state index is 12.9. The Balaban J connectivity index is 1.50. The van der Waals surface area contributed by atoms with Gasteiger partial charge in [0.1, 0.15) is 30.5 Å². The first-order valence-corrected chi connectivity index (χ1v) is 13.5. The number of carbonyl (C=O) groups is 1. The third-order valence-electron chi connectivity index (χ3n) is 6.54. The van der Waals surface area contributed by atoms with Crippen molar-refractivity contribution in [2.24, 2.45) is 0 Å². The summed E-state index contributed by atoms with van der Waals surface area (Å²) in [4.78, 5) is 11.1. The number of benzene rings is 4. The molecule has 2 N–H and O–H groups in total. The molecule has 0 spiro atoms. The second-order valence-electron chi connectivity index (χ2n) is 9.62. The van der Waals surface area contributed by atoms with Crippen molar-refractivity contribution in [3.8, 4) is 28.4 Å². The summed E-state index contributed by atoms with van der Waals surface area (Å²) < 4.78 is 55.1. The van der Waals surface area contributed by atoms with Crippen molar-refractivity contribution in [2.75, 3.05) is 13.1 Å². The van der Waals surface area contributed by atoms with E-state index in [0.29, 0.717) is 37.7 Å². The zero-order chi connectivity index (χ0) is 30.0. The third-order valence-corrected chi connectivity index (χ3v) is 6.54. The summed E-state index contributed by atoms with van der Waals surface area (Å²) in [6.07, 6.45) is -4.82. The van der Waals surface area contributed by atoms with Crippen molar-refractivity contribution in [3.63, 3.8) is 0 Å². The number of ether oxygens (including phenoxy) is 3. The summed E-state index contributed by atoms with van der Waals surface area (Å²) in [7, 11) is 0. The van der Waals surface area contributed by atoms with Crippen LogP contribution >= 0.6 is 0 Å². The molecule has 4 rings (SSSR count). The minimum absolute atomic E-state index is 0.119. The maximum atomic E-state index is 12.9. The highest BCUT2D eigenvalue weighted by atomic mass is 19.4. The molecule has 0 saturated heterocycles. The Morgan fingerprint density at radius 3 is 2.24 bits per heavy atom. The second kappa shape index (κ2) is 14.4. The standard InChI is InChI=1S/C33H33F3N2O4/c1-23-27(12-8-13-30(23)25-9-4-3-5-10-25)21-40-29-16-15-26(20-37-17-18-38-24(2)39)32(19-29)41-22-28-11-6-7-14-31(28)42-33(34,35)36/h3-16,19,37H,17-18,20-22H2,1-2H3,(H,38,39). The van der Waals surface area contributed by atoms with Crippen LogP contribution in [0.1, 0.15) is 29.2 Å².